The zero-order valence-corrected chi connectivity index (χ0v) is 7.06. The van der Waals surface area contributed by atoms with Gasteiger partial charge in [0.1, 0.15) is 11.6 Å². The molecular weight excluding hydrogens is 174 g/mol. The quantitative estimate of drug-likeness (QED) is 0.745. The fourth-order valence-corrected chi connectivity index (χ4v) is 1.35. The SMILES string of the molecule is OC1(Cc2c(F)cccc2F)CC1. The molecule has 0 aliphatic heterocycles. The van der Waals surface area contributed by atoms with E-state index in [4.69, 9.17) is 0 Å². The van der Waals surface area contributed by atoms with Gasteiger partial charge in [0.2, 0.25) is 0 Å². The van der Waals surface area contributed by atoms with Gasteiger partial charge in [-0.3, -0.25) is 0 Å². The molecule has 1 aromatic carbocycles. The topological polar surface area (TPSA) is 20.2 Å². The molecule has 2 rings (SSSR count). The molecule has 13 heavy (non-hydrogen) atoms. The molecule has 3 heteroatoms. The summed E-state index contributed by atoms with van der Waals surface area (Å²) in [7, 11) is 0. The van der Waals surface area contributed by atoms with Gasteiger partial charge in [0, 0.05) is 12.0 Å². The molecule has 1 fully saturated rings. The standard InChI is InChI=1S/C10H10F2O/c11-8-2-1-3-9(12)7(8)6-10(13)4-5-10/h1-3,13H,4-6H2. The zero-order chi connectivity index (χ0) is 9.47. The molecule has 0 radical (unpaired) electrons. The Morgan fingerprint density at radius 1 is 1.23 bits per heavy atom. The van der Waals surface area contributed by atoms with Gasteiger partial charge in [-0.1, -0.05) is 6.07 Å². The molecule has 0 spiro atoms. The molecule has 1 aliphatic carbocycles. The summed E-state index contributed by atoms with van der Waals surface area (Å²) in [5, 5.41) is 9.50. The van der Waals surface area contributed by atoms with Crippen LogP contribution in [0, 0.1) is 11.6 Å². The Morgan fingerprint density at radius 2 is 1.77 bits per heavy atom. The van der Waals surface area contributed by atoms with Crippen LogP contribution >= 0.6 is 0 Å². The van der Waals surface area contributed by atoms with Crippen LogP contribution in [0.15, 0.2) is 18.2 Å². The van der Waals surface area contributed by atoms with Crippen LogP contribution in [0.4, 0.5) is 8.78 Å². The number of halogens is 2. The molecule has 1 aliphatic rings. The lowest BCUT2D eigenvalue weighted by atomic mass is 10.1. The maximum Gasteiger partial charge on any atom is 0.129 e. The number of benzene rings is 1. The van der Waals surface area contributed by atoms with Crippen molar-refractivity contribution in [2.45, 2.75) is 24.9 Å². The first-order valence-corrected chi connectivity index (χ1v) is 4.26. The zero-order valence-electron chi connectivity index (χ0n) is 7.06. The Hall–Kier alpha value is -0.960. The predicted octanol–water partition coefficient (Wildman–Crippen LogP) is 2.03. The van der Waals surface area contributed by atoms with Crippen molar-refractivity contribution in [3.05, 3.63) is 35.4 Å². The van der Waals surface area contributed by atoms with E-state index in [0.29, 0.717) is 12.8 Å². The van der Waals surface area contributed by atoms with Crippen molar-refractivity contribution in [2.24, 2.45) is 0 Å². The minimum Gasteiger partial charge on any atom is -0.390 e. The largest absolute Gasteiger partial charge is 0.390 e. The third-order valence-electron chi connectivity index (χ3n) is 2.39. The normalized spacial score (nSPS) is 18.7. The van der Waals surface area contributed by atoms with E-state index in [9.17, 15) is 13.9 Å². The molecule has 0 atom stereocenters. The number of hydrogen-bond acceptors (Lipinski definition) is 1. The fraction of sp³-hybridized carbons (Fsp3) is 0.400. The van der Waals surface area contributed by atoms with E-state index in [-0.39, 0.29) is 12.0 Å². The molecule has 1 aromatic rings. The van der Waals surface area contributed by atoms with Crippen molar-refractivity contribution in [1.29, 1.82) is 0 Å². The van der Waals surface area contributed by atoms with E-state index in [2.05, 4.69) is 0 Å². The van der Waals surface area contributed by atoms with Crippen molar-refractivity contribution >= 4 is 0 Å². The van der Waals surface area contributed by atoms with Gasteiger partial charge in [-0.2, -0.15) is 0 Å². The highest BCUT2D eigenvalue weighted by molar-refractivity contribution is 5.23. The molecule has 1 nitrogen and oxygen atoms in total. The average Bonchev–Trinajstić information content (AvgIpc) is 2.78. The molecule has 1 N–H and O–H groups in total. The van der Waals surface area contributed by atoms with Gasteiger partial charge in [0.25, 0.3) is 0 Å². The molecule has 70 valence electrons. The maximum absolute atomic E-state index is 13.1. The van der Waals surface area contributed by atoms with Crippen LogP contribution in [0.25, 0.3) is 0 Å². The van der Waals surface area contributed by atoms with Crippen LogP contribution in [-0.2, 0) is 6.42 Å². The summed E-state index contributed by atoms with van der Waals surface area (Å²) < 4.78 is 26.1. The van der Waals surface area contributed by atoms with Crippen LogP contribution in [0.3, 0.4) is 0 Å². The molecular formula is C10H10F2O. The van der Waals surface area contributed by atoms with E-state index < -0.39 is 17.2 Å². The number of aliphatic hydroxyl groups is 1. The van der Waals surface area contributed by atoms with Crippen molar-refractivity contribution in [3.63, 3.8) is 0 Å². The summed E-state index contributed by atoms with van der Waals surface area (Å²) in [4.78, 5) is 0. The molecule has 0 unspecified atom stereocenters. The minimum absolute atomic E-state index is 0.00231. The Kier molecular flexibility index (Phi) is 1.84. The smallest absolute Gasteiger partial charge is 0.129 e. The second kappa shape index (κ2) is 2.77. The van der Waals surface area contributed by atoms with Crippen LogP contribution in [0.2, 0.25) is 0 Å². The van der Waals surface area contributed by atoms with Gasteiger partial charge in [0.15, 0.2) is 0 Å². The van der Waals surface area contributed by atoms with Crippen molar-refractivity contribution in [1.82, 2.24) is 0 Å². The molecule has 1 saturated carbocycles. The van der Waals surface area contributed by atoms with Gasteiger partial charge in [0.05, 0.1) is 5.60 Å². The second-order valence-electron chi connectivity index (χ2n) is 3.60. The summed E-state index contributed by atoms with van der Waals surface area (Å²) in [6.45, 7) is 0. The Bertz CT molecular complexity index is 311. The lowest BCUT2D eigenvalue weighted by Gasteiger charge is -2.08. The summed E-state index contributed by atoms with van der Waals surface area (Å²) >= 11 is 0. The van der Waals surface area contributed by atoms with Crippen LogP contribution in [0.5, 0.6) is 0 Å². The van der Waals surface area contributed by atoms with Gasteiger partial charge < -0.3 is 5.11 Å². The van der Waals surface area contributed by atoms with E-state index in [1.54, 1.807) is 0 Å². The van der Waals surface area contributed by atoms with E-state index in [1.165, 1.54) is 18.2 Å². The molecule has 0 aromatic heterocycles. The Balaban J connectivity index is 2.28. The van der Waals surface area contributed by atoms with Crippen LogP contribution < -0.4 is 0 Å². The number of hydrogen-bond donors (Lipinski definition) is 1. The maximum atomic E-state index is 13.1. The van der Waals surface area contributed by atoms with E-state index in [1.807, 2.05) is 0 Å². The van der Waals surface area contributed by atoms with Gasteiger partial charge in [-0.15, -0.1) is 0 Å². The lowest BCUT2D eigenvalue weighted by Crippen LogP contribution is -2.13. The Labute approximate surface area is 75.0 Å². The van der Waals surface area contributed by atoms with Crippen LogP contribution in [0.1, 0.15) is 18.4 Å². The summed E-state index contributed by atoms with van der Waals surface area (Å²) in [5.41, 5.74) is -0.842. The van der Waals surface area contributed by atoms with Gasteiger partial charge >= 0.3 is 0 Å². The van der Waals surface area contributed by atoms with E-state index in [0.717, 1.165) is 0 Å². The summed E-state index contributed by atoms with van der Waals surface area (Å²) in [6, 6.07) is 3.75. The monoisotopic (exact) mass is 184 g/mol. The first kappa shape index (κ1) is 8.63. The highest BCUT2D eigenvalue weighted by atomic mass is 19.1. The second-order valence-corrected chi connectivity index (χ2v) is 3.60. The van der Waals surface area contributed by atoms with Crippen molar-refractivity contribution in [2.75, 3.05) is 0 Å². The first-order chi connectivity index (χ1) is 6.11. The van der Waals surface area contributed by atoms with Crippen LogP contribution in [-0.4, -0.2) is 10.7 Å². The first-order valence-electron chi connectivity index (χ1n) is 4.26. The van der Waals surface area contributed by atoms with Gasteiger partial charge in [-0.25, -0.2) is 8.78 Å². The third-order valence-corrected chi connectivity index (χ3v) is 2.39. The predicted molar refractivity (Wildman–Crippen MR) is 44.2 cm³/mol. The molecule has 0 heterocycles. The summed E-state index contributed by atoms with van der Waals surface area (Å²) in [6.07, 6.45) is 1.37. The van der Waals surface area contributed by atoms with E-state index >= 15 is 0 Å². The van der Waals surface area contributed by atoms with Gasteiger partial charge in [-0.05, 0) is 25.0 Å². The summed E-state index contributed by atoms with van der Waals surface area (Å²) in [5.74, 6) is -1.14. The average molecular weight is 184 g/mol. The molecule has 0 amide bonds. The fourth-order valence-electron chi connectivity index (χ4n) is 1.35. The molecule has 0 saturated heterocycles. The highest BCUT2D eigenvalue weighted by Gasteiger charge is 2.41. The van der Waals surface area contributed by atoms with Crippen molar-refractivity contribution in [3.8, 4) is 0 Å². The highest BCUT2D eigenvalue weighted by Crippen LogP contribution is 2.39. The van der Waals surface area contributed by atoms with Crippen molar-refractivity contribution < 1.29 is 13.9 Å². The number of rotatable bonds is 2. The minimum atomic E-state index is -0.844. The lowest BCUT2D eigenvalue weighted by molar-refractivity contribution is 0.148. The molecule has 0 bridgehead atoms. The third kappa shape index (κ3) is 1.70. The Morgan fingerprint density at radius 3 is 2.23 bits per heavy atom.